The molecule has 0 saturated heterocycles. The zero-order chi connectivity index (χ0) is 20.3. The third kappa shape index (κ3) is 4.23. The van der Waals surface area contributed by atoms with Crippen LogP contribution in [0, 0.1) is 0 Å². The second-order valence-corrected chi connectivity index (χ2v) is 6.55. The van der Waals surface area contributed by atoms with E-state index in [2.05, 4.69) is 20.9 Å². The number of carbonyl (C=O) groups excluding carboxylic acids is 2. The lowest BCUT2D eigenvalue weighted by atomic mass is 10.1. The maximum atomic E-state index is 12.2. The van der Waals surface area contributed by atoms with Gasteiger partial charge in [0.05, 0.1) is 18.7 Å². The molecule has 0 saturated carbocycles. The summed E-state index contributed by atoms with van der Waals surface area (Å²) in [4.78, 5) is 27.8. The topological polar surface area (TPSA) is 83.4 Å². The standard InChI is InChI=1S/C20H16BrNO6/c1-11(23)27-18-15(21)7-12(9-17(18)26-3)8-16-20(24)28-19(22-16)13-5-4-6-14(10-13)25-2/h4-10H,1-3H3/b16-8-. The summed E-state index contributed by atoms with van der Waals surface area (Å²) in [5.74, 6) is 0.363. The number of hydrogen-bond donors (Lipinski definition) is 0. The van der Waals surface area contributed by atoms with E-state index in [0.717, 1.165) is 0 Å². The van der Waals surface area contributed by atoms with Crippen molar-refractivity contribution in [3.05, 3.63) is 57.7 Å². The summed E-state index contributed by atoms with van der Waals surface area (Å²) in [5.41, 5.74) is 1.37. The van der Waals surface area contributed by atoms with E-state index >= 15 is 0 Å². The van der Waals surface area contributed by atoms with Crippen LogP contribution in [0.4, 0.5) is 0 Å². The van der Waals surface area contributed by atoms with Crippen molar-refractivity contribution in [2.75, 3.05) is 14.2 Å². The summed E-state index contributed by atoms with van der Waals surface area (Å²) >= 11 is 3.34. The molecule has 8 heteroatoms. The van der Waals surface area contributed by atoms with Gasteiger partial charge in [-0.05, 0) is 57.9 Å². The lowest BCUT2D eigenvalue weighted by molar-refractivity contribution is -0.132. The smallest absolute Gasteiger partial charge is 0.363 e. The molecule has 1 aliphatic rings. The van der Waals surface area contributed by atoms with E-state index in [4.69, 9.17) is 18.9 Å². The van der Waals surface area contributed by atoms with E-state index in [1.54, 1.807) is 49.6 Å². The first-order valence-corrected chi connectivity index (χ1v) is 8.93. The van der Waals surface area contributed by atoms with Gasteiger partial charge in [0.15, 0.2) is 17.2 Å². The molecule has 0 aliphatic carbocycles. The number of aliphatic imine (C=N–C) groups is 1. The number of carbonyl (C=O) groups is 2. The van der Waals surface area contributed by atoms with Crippen molar-refractivity contribution in [3.63, 3.8) is 0 Å². The molecule has 0 aromatic heterocycles. The number of benzene rings is 2. The molecule has 1 aliphatic heterocycles. The molecule has 2 aromatic carbocycles. The van der Waals surface area contributed by atoms with Gasteiger partial charge < -0.3 is 18.9 Å². The Morgan fingerprint density at radius 1 is 1.18 bits per heavy atom. The van der Waals surface area contributed by atoms with Crippen molar-refractivity contribution >= 4 is 39.8 Å². The monoisotopic (exact) mass is 445 g/mol. The Bertz CT molecular complexity index is 1010. The maximum Gasteiger partial charge on any atom is 0.363 e. The number of nitrogens with zero attached hydrogens (tertiary/aromatic N) is 1. The van der Waals surface area contributed by atoms with E-state index in [-0.39, 0.29) is 17.3 Å². The molecule has 7 nitrogen and oxygen atoms in total. The largest absolute Gasteiger partial charge is 0.497 e. The van der Waals surface area contributed by atoms with Crippen molar-refractivity contribution < 1.29 is 28.5 Å². The number of hydrogen-bond acceptors (Lipinski definition) is 7. The second-order valence-electron chi connectivity index (χ2n) is 5.70. The molecule has 0 radical (unpaired) electrons. The zero-order valence-electron chi connectivity index (χ0n) is 15.3. The van der Waals surface area contributed by atoms with E-state index in [0.29, 0.717) is 27.1 Å². The predicted molar refractivity (Wildman–Crippen MR) is 106 cm³/mol. The molecular formula is C20H16BrNO6. The van der Waals surface area contributed by atoms with E-state index in [1.807, 2.05) is 0 Å². The van der Waals surface area contributed by atoms with Crippen LogP contribution in [-0.2, 0) is 14.3 Å². The van der Waals surface area contributed by atoms with Crippen molar-refractivity contribution in [3.8, 4) is 17.2 Å². The number of methoxy groups -OCH3 is 2. The maximum absolute atomic E-state index is 12.2. The van der Waals surface area contributed by atoms with Crippen LogP contribution in [0.2, 0.25) is 0 Å². The third-order valence-corrected chi connectivity index (χ3v) is 4.33. The first kappa shape index (κ1) is 19.6. The van der Waals surface area contributed by atoms with Crippen LogP contribution in [0.3, 0.4) is 0 Å². The molecule has 3 rings (SSSR count). The Morgan fingerprint density at radius 2 is 1.96 bits per heavy atom. The molecule has 144 valence electrons. The fraction of sp³-hybridized carbons (Fsp3) is 0.150. The molecule has 0 fully saturated rings. The first-order valence-electron chi connectivity index (χ1n) is 8.14. The summed E-state index contributed by atoms with van der Waals surface area (Å²) in [6, 6.07) is 10.4. The quantitative estimate of drug-likeness (QED) is 0.396. The van der Waals surface area contributed by atoms with E-state index in [9.17, 15) is 9.59 Å². The average molecular weight is 446 g/mol. The minimum absolute atomic E-state index is 0.131. The normalized spacial score (nSPS) is 14.5. The highest BCUT2D eigenvalue weighted by Crippen LogP contribution is 2.37. The molecule has 0 atom stereocenters. The number of halogens is 1. The summed E-state index contributed by atoms with van der Waals surface area (Å²) in [6.45, 7) is 1.30. The average Bonchev–Trinajstić information content (AvgIpc) is 3.04. The number of ether oxygens (including phenoxy) is 4. The number of cyclic esters (lactones) is 1. The van der Waals surface area contributed by atoms with Crippen molar-refractivity contribution in [2.45, 2.75) is 6.92 Å². The Balaban J connectivity index is 1.96. The van der Waals surface area contributed by atoms with Crippen LogP contribution in [0.25, 0.3) is 6.08 Å². The van der Waals surface area contributed by atoms with Crippen molar-refractivity contribution in [1.29, 1.82) is 0 Å². The van der Waals surface area contributed by atoms with E-state index < -0.39 is 11.9 Å². The molecule has 0 N–H and O–H groups in total. The highest BCUT2D eigenvalue weighted by molar-refractivity contribution is 9.10. The molecule has 1 heterocycles. The first-order chi connectivity index (χ1) is 13.4. The molecule has 2 aromatic rings. The summed E-state index contributed by atoms with van der Waals surface area (Å²) in [5, 5.41) is 0. The lowest BCUT2D eigenvalue weighted by Crippen LogP contribution is -2.05. The van der Waals surface area contributed by atoms with Gasteiger partial charge in [-0.25, -0.2) is 9.79 Å². The molecule has 0 spiro atoms. The van der Waals surface area contributed by atoms with Gasteiger partial charge in [-0.15, -0.1) is 0 Å². The minimum Gasteiger partial charge on any atom is -0.497 e. The Labute approximate surface area is 169 Å². The summed E-state index contributed by atoms with van der Waals surface area (Å²) in [7, 11) is 3.01. The van der Waals surface area contributed by atoms with E-state index in [1.165, 1.54) is 14.0 Å². The van der Waals surface area contributed by atoms with Crippen LogP contribution in [0.5, 0.6) is 17.2 Å². The molecule has 28 heavy (non-hydrogen) atoms. The lowest BCUT2D eigenvalue weighted by Gasteiger charge is -2.11. The van der Waals surface area contributed by atoms with Crippen LogP contribution in [0.1, 0.15) is 18.1 Å². The van der Waals surface area contributed by atoms with Crippen molar-refractivity contribution in [1.82, 2.24) is 0 Å². The van der Waals surface area contributed by atoms with Gasteiger partial charge in [0.1, 0.15) is 5.75 Å². The molecule has 0 unspecified atom stereocenters. The predicted octanol–water partition coefficient (Wildman–Crippen LogP) is 3.74. The number of esters is 2. The van der Waals surface area contributed by atoms with Gasteiger partial charge in [-0.2, -0.15) is 0 Å². The Kier molecular flexibility index (Phi) is 5.79. The van der Waals surface area contributed by atoms with Crippen LogP contribution >= 0.6 is 15.9 Å². The Morgan fingerprint density at radius 3 is 2.64 bits per heavy atom. The molecular weight excluding hydrogens is 430 g/mol. The fourth-order valence-electron chi connectivity index (χ4n) is 2.51. The van der Waals surface area contributed by atoms with Gasteiger partial charge in [0.2, 0.25) is 5.90 Å². The highest BCUT2D eigenvalue weighted by atomic mass is 79.9. The van der Waals surface area contributed by atoms with Gasteiger partial charge in [0, 0.05) is 12.5 Å². The summed E-state index contributed by atoms with van der Waals surface area (Å²) in [6.07, 6.45) is 1.56. The third-order valence-electron chi connectivity index (χ3n) is 3.74. The summed E-state index contributed by atoms with van der Waals surface area (Å²) < 4.78 is 21.4. The van der Waals surface area contributed by atoms with Gasteiger partial charge in [-0.1, -0.05) is 6.07 Å². The van der Waals surface area contributed by atoms with Crippen LogP contribution in [-0.4, -0.2) is 32.1 Å². The van der Waals surface area contributed by atoms with Crippen LogP contribution in [0.15, 0.2) is 51.6 Å². The fourth-order valence-corrected chi connectivity index (χ4v) is 3.05. The second kappa shape index (κ2) is 8.26. The SMILES string of the molecule is COc1cccc(C2=N/C(=C\c3cc(Br)c(OC(C)=O)c(OC)c3)C(=O)O2)c1. The van der Waals surface area contributed by atoms with Crippen molar-refractivity contribution in [2.24, 2.45) is 4.99 Å². The van der Waals surface area contributed by atoms with Gasteiger partial charge in [0.25, 0.3) is 0 Å². The number of rotatable bonds is 5. The zero-order valence-corrected chi connectivity index (χ0v) is 16.9. The molecule has 0 amide bonds. The van der Waals surface area contributed by atoms with Gasteiger partial charge in [-0.3, -0.25) is 4.79 Å². The highest BCUT2D eigenvalue weighted by Gasteiger charge is 2.25. The molecule has 0 bridgehead atoms. The minimum atomic E-state index is -0.572. The van der Waals surface area contributed by atoms with Crippen LogP contribution < -0.4 is 14.2 Å². The Hall–Kier alpha value is -3.13. The van der Waals surface area contributed by atoms with Gasteiger partial charge >= 0.3 is 11.9 Å².